The number of thiophene rings is 2. The molecule has 0 atom stereocenters. The molecule has 2 aromatic rings. The van der Waals surface area contributed by atoms with Gasteiger partial charge in [0.1, 0.15) is 5.00 Å². The van der Waals surface area contributed by atoms with Crippen LogP contribution in [0.15, 0.2) is 17.5 Å². The quantitative estimate of drug-likeness (QED) is 0.710. The van der Waals surface area contributed by atoms with E-state index in [4.69, 9.17) is 9.47 Å². The zero-order valence-corrected chi connectivity index (χ0v) is 16.7. The van der Waals surface area contributed by atoms with E-state index in [1.165, 1.54) is 22.7 Å². The first-order chi connectivity index (χ1) is 13.1. The second-order valence-corrected chi connectivity index (χ2v) is 8.24. The smallest absolute Gasteiger partial charge is 0.341 e. The van der Waals surface area contributed by atoms with E-state index in [-0.39, 0.29) is 19.6 Å². The van der Waals surface area contributed by atoms with E-state index in [0.717, 1.165) is 41.0 Å². The largest absolute Gasteiger partial charge is 0.462 e. The fourth-order valence-electron chi connectivity index (χ4n) is 2.99. The lowest BCUT2D eigenvalue weighted by Crippen LogP contribution is -2.22. The van der Waals surface area contributed by atoms with E-state index >= 15 is 0 Å². The normalized spacial score (nSPS) is 12.9. The van der Waals surface area contributed by atoms with Gasteiger partial charge >= 0.3 is 11.9 Å². The molecule has 6 nitrogen and oxygen atoms in total. The monoisotopic (exact) mass is 407 g/mol. The Labute approximate surface area is 165 Å². The lowest BCUT2D eigenvalue weighted by molar-refractivity contribution is -0.146. The molecule has 1 aliphatic carbocycles. The van der Waals surface area contributed by atoms with Crippen molar-refractivity contribution < 1.29 is 23.9 Å². The van der Waals surface area contributed by atoms with Crippen molar-refractivity contribution >= 4 is 45.5 Å². The van der Waals surface area contributed by atoms with Crippen LogP contribution in [0.4, 0.5) is 5.00 Å². The Hall–Kier alpha value is -2.19. The number of carbonyl (C=O) groups excluding carboxylic acids is 3. The fraction of sp³-hybridized carbons (Fsp3) is 0.421. The van der Waals surface area contributed by atoms with Gasteiger partial charge < -0.3 is 14.8 Å². The first-order valence-electron chi connectivity index (χ1n) is 8.88. The minimum absolute atomic E-state index is 0.145. The number of esters is 2. The second-order valence-electron chi connectivity index (χ2n) is 6.10. The van der Waals surface area contributed by atoms with Gasteiger partial charge in [-0.25, -0.2) is 4.79 Å². The third-order valence-electron chi connectivity index (χ3n) is 4.17. The molecule has 1 aliphatic rings. The van der Waals surface area contributed by atoms with Crippen LogP contribution in [-0.4, -0.2) is 31.1 Å². The molecule has 1 N–H and O–H groups in total. The Morgan fingerprint density at radius 3 is 2.74 bits per heavy atom. The summed E-state index contributed by atoms with van der Waals surface area (Å²) in [5.41, 5.74) is 1.43. The van der Waals surface area contributed by atoms with Crippen molar-refractivity contribution in [2.45, 2.75) is 39.0 Å². The lowest BCUT2D eigenvalue weighted by Gasteiger charge is -2.12. The van der Waals surface area contributed by atoms with Gasteiger partial charge in [-0.05, 0) is 49.6 Å². The van der Waals surface area contributed by atoms with Gasteiger partial charge in [0.2, 0.25) is 0 Å². The summed E-state index contributed by atoms with van der Waals surface area (Å²) >= 11 is 2.87. The lowest BCUT2D eigenvalue weighted by atomic mass is 9.95. The van der Waals surface area contributed by atoms with Crippen molar-refractivity contribution in [2.24, 2.45) is 0 Å². The molecule has 0 saturated heterocycles. The summed E-state index contributed by atoms with van der Waals surface area (Å²) in [5, 5.41) is 5.09. The van der Waals surface area contributed by atoms with Crippen LogP contribution in [-0.2, 0) is 38.3 Å². The van der Waals surface area contributed by atoms with Crippen LogP contribution in [0.5, 0.6) is 0 Å². The third-order valence-corrected chi connectivity index (χ3v) is 6.25. The molecule has 0 bridgehead atoms. The van der Waals surface area contributed by atoms with Crippen molar-refractivity contribution in [2.75, 3.05) is 18.5 Å². The van der Waals surface area contributed by atoms with Crippen molar-refractivity contribution in [3.8, 4) is 0 Å². The van der Waals surface area contributed by atoms with Crippen LogP contribution >= 0.6 is 22.7 Å². The molecule has 8 heteroatoms. The highest BCUT2D eigenvalue weighted by Crippen LogP contribution is 2.38. The summed E-state index contributed by atoms with van der Waals surface area (Å²) in [5.74, 6) is -1.33. The molecule has 2 aromatic heterocycles. The average Bonchev–Trinajstić information content (AvgIpc) is 3.27. The summed E-state index contributed by atoms with van der Waals surface area (Å²) in [6.45, 7) is 1.65. The molecule has 0 saturated carbocycles. The van der Waals surface area contributed by atoms with Crippen molar-refractivity contribution in [1.82, 2.24) is 0 Å². The van der Waals surface area contributed by atoms with Gasteiger partial charge in [0.25, 0.3) is 5.91 Å². The molecule has 2 heterocycles. The van der Waals surface area contributed by atoms with Crippen molar-refractivity contribution in [3.05, 3.63) is 38.4 Å². The molecule has 1 amide bonds. The molecular formula is C19H21NO5S2. The maximum atomic E-state index is 12.4. The summed E-state index contributed by atoms with van der Waals surface area (Å²) in [6, 6.07) is 3.70. The highest BCUT2D eigenvalue weighted by atomic mass is 32.1. The molecule has 144 valence electrons. The molecule has 0 aliphatic heterocycles. The Morgan fingerprint density at radius 2 is 2.00 bits per heavy atom. The Morgan fingerprint density at radius 1 is 1.19 bits per heavy atom. The minimum Gasteiger partial charge on any atom is -0.462 e. The predicted octanol–water partition coefficient (Wildman–Crippen LogP) is 3.59. The predicted molar refractivity (Wildman–Crippen MR) is 105 cm³/mol. The molecule has 0 unspecified atom stereocenters. The molecular weight excluding hydrogens is 386 g/mol. The molecule has 27 heavy (non-hydrogen) atoms. The maximum absolute atomic E-state index is 12.4. The number of hydrogen-bond acceptors (Lipinski definition) is 7. The van der Waals surface area contributed by atoms with Gasteiger partial charge in [-0.2, -0.15) is 0 Å². The first kappa shape index (κ1) is 19.6. The van der Waals surface area contributed by atoms with Gasteiger partial charge in [-0.1, -0.05) is 6.07 Å². The topological polar surface area (TPSA) is 81.7 Å². The Bertz CT molecular complexity index is 826. The van der Waals surface area contributed by atoms with Crippen LogP contribution in [0.3, 0.4) is 0 Å². The summed E-state index contributed by atoms with van der Waals surface area (Å²) in [6.07, 6.45) is 3.95. The number of hydrogen-bond donors (Lipinski definition) is 1. The fourth-order valence-corrected chi connectivity index (χ4v) is 4.97. The minimum atomic E-state index is -0.460. The van der Waals surface area contributed by atoms with Crippen LogP contribution in [0.1, 0.15) is 45.4 Å². The van der Waals surface area contributed by atoms with Gasteiger partial charge in [-0.15, -0.1) is 22.7 Å². The SMILES string of the molecule is CCOC(=O)c1c(NC(=O)COC(=O)Cc2cccs2)sc2c1CCCC2. The summed E-state index contributed by atoms with van der Waals surface area (Å²) in [4.78, 5) is 38.4. The van der Waals surface area contributed by atoms with Crippen LogP contribution < -0.4 is 5.32 Å². The first-order valence-corrected chi connectivity index (χ1v) is 10.6. The van der Waals surface area contributed by atoms with E-state index < -0.39 is 17.8 Å². The van der Waals surface area contributed by atoms with Gasteiger partial charge in [0.05, 0.1) is 18.6 Å². The van der Waals surface area contributed by atoms with E-state index in [1.54, 1.807) is 6.92 Å². The molecule has 0 spiro atoms. The number of amides is 1. The highest BCUT2D eigenvalue weighted by Gasteiger charge is 2.27. The van der Waals surface area contributed by atoms with Crippen LogP contribution in [0.25, 0.3) is 0 Å². The van der Waals surface area contributed by atoms with Crippen molar-refractivity contribution in [3.63, 3.8) is 0 Å². The van der Waals surface area contributed by atoms with Crippen LogP contribution in [0, 0.1) is 0 Å². The van der Waals surface area contributed by atoms with E-state index in [2.05, 4.69) is 5.32 Å². The number of aryl methyl sites for hydroxylation is 1. The second kappa shape index (κ2) is 9.14. The zero-order chi connectivity index (χ0) is 19.2. The van der Waals surface area contributed by atoms with Gasteiger partial charge in [0.15, 0.2) is 6.61 Å². The van der Waals surface area contributed by atoms with Crippen LogP contribution in [0.2, 0.25) is 0 Å². The Kier molecular flexibility index (Phi) is 6.63. The number of ether oxygens (including phenoxy) is 2. The standard InChI is InChI=1S/C19H21NO5S2/c1-2-24-19(23)17-13-7-3-4-8-14(13)27-18(17)20-15(21)11-25-16(22)10-12-6-5-9-26-12/h5-6,9H,2-4,7-8,10-11H2,1H3,(H,20,21). The van der Waals surface area contributed by atoms with E-state index in [9.17, 15) is 14.4 Å². The number of anilines is 1. The zero-order valence-electron chi connectivity index (χ0n) is 15.0. The number of fused-ring (bicyclic) bond motifs is 1. The highest BCUT2D eigenvalue weighted by molar-refractivity contribution is 7.17. The third kappa shape index (κ3) is 4.95. The number of rotatable bonds is 7. The number of nitrogens with one attached hydrogen (secondary N) is 1. The molecule has 0 aromatic carbocycles. The van der Waals surface area contributed by atoms with Gasteiger partial charge in [-0.3, -0.25) is 9.59 Å². The summed E-state index contributed by atoms with van der Waals surface area (Å²) < 4.78 is 10.2. The number of carbonyl (C=O) groups is 3. The molecule has 0 radical (unpaired) electrons. The van der Waals surface area contributed by atoms with Gasteiger partial charge in [0, 0.05) is 9.75 Å². The average molecular weight is 408 g/mol. The Balaban J connectivity index is 1.63. The molecule has 3 rings (SSSR count). The summed E-state index contributed by atoms with van der Waals surface area (Å²) in [7, 11) is 0. The van der Waals surface area contributed by atoms with E-state index in [1.807, 2.05) is 17.5 Å². The van der Waals surface area contributed by atoms with Crippen molar-refractivity contribution in [1.29, 1.82) is 0 Å². The molecule has 0 fully saturated rings. The maximum Gasteiger partial charge on any atom is 0.341 e. The van der Waals surface area contributed by atoms with E-state index in [0.29, 0.717) is 10.6 Å².